The lowest BCUT2D eigenvalue weighted by Crippen LogP contribution is -2.30. The predicted octanol–water partition coefficient (Wildman–Crippen LogP) is 2.58. The normalized spacial score (nSPS) is 32.1. The van der Waals surface area contributed by atoms with Crippen LogP contribution in [0.2, 0.25) is 0 Å². The van der Waals surface area contributed by atoms with Crippen molar-refractivity contribution in [3.05, 3.63) is 48.0 Å². The summed E-state index contributed by atoms with van der Waals surface area (Å²) in [6.07, 6.45) is 2.06. The van der Waals surface area contributed by atoms with Crippen LogP contribution in [0.25, 0.3) is 0 Å². The van der Waals surface area contributed by atoms with Crippen molar-refractivity contribution in [1.29, 1.82) is 0 Å². The second-order valence-corrected chi connectivity index (χ2v) is 5.21. The number of benzene rings is 1. The zero-order chi connectivity index (χ0) is 12.0. The Hall–Kier alpha value is -1.57. The summed E-state index contributed by atoms with van der Waals surface area (Å²) in [7, 11) is 1.91. The predicted molar refractivity (Wildman–Crippen MR) is 67.6 cm³/mol. The summed E-state index contributed by atoms with van der Waals surface area (Å²) < 4.78 is 0. The van der Waals surface area contributed by atoms with Crippen LogP contribution in [-0.2, 0) is 4.79 Å². The molecule has 0 radical (unpaired) electrons. The fourth-order valence-electron chi connectivity index (χ4n) is 3.04. The van der Waals surface area contributed by atoms with Crippen molar-refractivity contribution in [3.63, 3.8) is 0 Å². The minimum Gasteiger partial charge on any atom is -0.338 e. The Labute approximate surface area is 102 Å². The van der Waals surface area contributed by atoms with Crippen LogP contribution in [0.1, 0.15) is 24.3 Å². The molecule has 2 nitrogen and oxygen atoms in total. The molecule has 1 saturated heterocycles. The van der Waals surface area contributed by atoms with E-state index < -0.39 is 0 Å². The van der Waals surface area contributed by atoms with Gasteiger partial charge in [0.15, 0.2) is 0 Å². The van der Waals surface area contributed by atoms with Gasteiger partial charge >= 0.3 is 0 Å². The van der Waals surface area contributed by atoms with Gasteiger partial charge in [-0.05, 0) is 30.2 Å². The van der Waals surface area contributed by atoms with E-state index in [1.807, 2.05) is 18.0 Å². The topological polar surface area (TPSA) is 20.3 Å². The summed E-state index contributed by atoms with van der Waals surface area (Å²) in [5, 5.41) is 0. The molecule has 0 aromatic heterocycles. The maximum Gasteiger partial charge on any atom is 0.249 e. The largest absolute Gasteiger partial charge is 0.338 e. The molecule has 2 heteroatoms. The molecular formula is C15H17NO. The molecular weight excluding hydrogens is 210 g/mol. The third-order valence-electron chi connectivity index (χ3n) is 4.14. The van der Waals surface area contributed by atoms with Crippen LogP contribution in [0, 0.1) is 5.92 Å². The first-order valence-electron chi connectivity index (χ1n) is 6.18. The third kappa shape index (κ3) is 1.68. The standard InChI is InChI=1S/C15H17NO/c1-10-8-14(16(2)15(10)17)13-9-12(13)11-6-4-3-5-7-11/h3-7,12-14H,1,8-9H2,2H3. The van der Waals surface area contributed by atoms with Gasteiger partial charge in [-0.1, -0.05) is 36.9 Å². The van der Waals surface area contributed by atoms with E-state index in [2.05, 4.69) is 30.8 Å². The van der Waals surface area contributed by atoms with Crippen LogP contribution < -0.4 is 0 Å². The van der Waals surface area contributed by atoms with Gasteiger partial charge in [0, 0.05) is 18.7 Å². The van der Waals surface area contributed by atoms with Crippen LogP contribution in [0.4, 0.5) is 0 Å². The smallest absolute Gasteiger partial charge is 0.249 e. The monoisotopic (exact) mass is 227 g/mol. The molecule has 1 saturated carbocycles. The first-order chi connectivity index (χ1) is 8.18. The van der Waals surface area contributed by atoms with Crippen LogP contribution in [0.5, 0.6) is 0 Å². The molecule has 2 aliphatic rings. The van der Waals surface area contributed by atoms with Gasteiger partial charge in [0.05, 0.1) is 0 Å². The number of nitrogens with zero attached hydrogens (tertiary/aromatic N) is 1. The molecule has 1 aliphatic heterocycles. The maximum absolute atomic E-state index is 11.7. The molecule has 3 unspecified atom stereocenters. The number of hydrogen-bond acceptors (Lipinski definition) is 1. The first kappa shape index (κ1) is 10.6. The fraction of sp³-hybridized carbons (Fsp3) is 0.400. The summed E-state index contributed by atoms with van der Waals surface area (Å²) in [6, 6.07) is 11.0. The summed E-state index contributed by atoms with van der Waals surface area (Å²) in [6.45, 7) is 3.85. The van der Waals surface area contributed by atoms with E-state index in [0.717, 1.165) is 12.0 Å². The fourth-order valence-corrected chi connectivity index (χ4v) is 3.04. The number of amides is 1. The Balaban J connectivity index is 1.74. The highest BCUT2D eigenvalue weighted by molar-refractivity contribution is 5.95. The molecule has 1 amide bonds. The van der Waals surface area contributed by atoms with Gasteiger partial charge in [0.1, 0.15) is 0 Å². The van der Waals surface area contributed by atoms with Gasteiger partial charge in [-0.3, -0.25) is 4.79 Å². The number of likely N-dealkylation sites (N-methyl/N-ethyl adjacent to an activating group) is 1. The highest BCUT2D eigenvalue weighted by atomic mass is 16.2. The molecule has 17 heavy (non-hydrogen) atoms. The van der Waals surface area contributed by atoms with Gasteiger partial charge in [-0.25, -0.2) is 0 Å². The third-order valence-corrected chi connectivity index (χ3v) is 4.14. The van der Waals surface area contributed by atoms with E-state index in [1.54, 1.807) is 0 Å². The lowest BCUT2D eigenvalue weighted by atomic mass is 10.0. The van der Waals surface area contributed by atoms with Crippen molar-refractivity contribution in [1.82, 2.24) is 4.90 Å². The van der Waals surface area contributed by atoms with Crippen LogP contribution in [0.3, 0.4) is 0 Å². The van der Waals surface area contributed by atoms with Gasteiger partial charge in [0.2, 0.25) is 5.91 Å². The average molecular weight is 227 g/mol. The average Bonchev–Trinajstić information content (AvgIpc) is 3.10. The van der Waals surface area contributed by atoms with Crippen molar-refractivity contribution in [3.8, 4) is 0 Å². The first-order valence-corrected chi connectivity index (χ1v) is 6.18. The molecule has 3 rings (SSSR count). The van der Waals surface area contributed by atoms with Crippen molar-refractivity contribution in [2.45, 2.75) is 24.8 Å². The molecule has 0 N–H and O–H groups in total. The lowest BCUT2D eigenvalue weighted by Gasteiger charge is -2.19. The van der Waals surface area contributed by atoms with Gasteiger partial charge < -0.3 is 4.90 Å². The molecule has 1 aliphatic carbocycles. The highest BCUT2D eigenvalue weighted by Gasteiger charge is 2.49. The number of carbonyl (C=O) groups is 1. The molecule has 2 fully saturated rings. The van der Waals surface area contributed by atoms with Gasteiger partial charge in [-0.15, -0.1) is 0 Å². The number of likely N-dealkylation sites (tertiary alicyclic amines) is 1. The number of carbonyl (C=O) groups excluding carboxylic acids is 1. The number of hydrogen-bond donors (Lipinski definition) is 0. The second-order valence-electron chi connectivity index (χ2n) is 5.21. The van der Waals surface area contributed by atoms with Crippen LogP contribution in [0.15, 0.2) is 42.5 Å². The maximum atomic E-state index is 11.7. The van der Waals surface area contributed by atoms with E-state index >= 15 is 0 Å². The summed E-state index contributed by atoms with van der Waals surface area (Å²) in [5.74, 6) is 1.40. The lowest BCUT2D eigenvalue weighted by molar-refractivity contribution is -0.125. The van der Waals surface area contributed by atoms with Crippen molar-refractivity contribution in [2.75, 3.05) is 7.05 Å². The van der Waals surface area contributed by atoms with Gasteiger partial charge in [-0.2, -0.15) is 0 Å². The SMILES string of the molecule is C=C1CC(C2CC2c2ccccc2)N(C)C1=O. The molecule has 88 valence electrons. The van der Waals surface area contributed by atoms with Crippen molar-refractivity contribution < 1.29 is 4.79 Å². The Morgan fingerprint density at radius 1 is 1.29 bits per heavy atom. The highest BCUT2D eigenvalue weighted by Crippen LogP contribution is 2.53. The second kappa shape index (κ2) is 3.73. The Morgan fingerprint density at radius 3 is 2.59 bits per heavy atom. The molecule has 1 aromatic carbocycles. The minimum atomic E-state index is 0.133. The van der Waals surface area contributed by atoms with E-state index in [4.69, 9.17) is 0 Å². The quantitative estimate of drug-likeness (QED) is 0.711. The van der Waals surface area contributed by atoms with Gasteiger partial charge in [0.25, 0.3) is 0 Å². The Morgan fingerprint density at radius 2 is 2.00 bits per heavy atom. The minimum absolute atomic E-state index is 0.133. The summed E-state index contributed by atoms with van der Waals surface area (Å²) in [5.41, 5.74) is 2.19. The zero-order valence-corrected chi connectivity index (χ0v) is 10.1. The molecule has 1 aromatic rings. The van der Waals surface area contributed by atoms with Crippen molar-refractivity contribution >= 4 is 5.91 Å². The van der Waals surface area contributed by atoms with E-state index in [-0.39, 0.29) is 5.91 Å². The van der Waals surface area contributed by atoms with E-state index in [1.165, 1.54) is 12.0 Å². The Kier molecular flexibility index (Phi) is 2.32. The van der Waals surface area contributed by atoms with E-state index in [9.17, 15) is 4.79 Å². The van der Waals surface area contributed by atoms with Crippen molar-refractivity contribution in [2.24, 2.45) is 5.92 Å². The molecule has 0 spiro atoms. The molecule has 1 heterocycles. The zero-order valence-electron chi connectivity index (χ0n) is 10.1. The molecule has 3 atom stereocenters. The van der Waals surface area contributed by atoms with Crippen LogP contribution in [-0.4, -0.2) is 23.9 Å². The summed E-state index contributed by atoms with van der Waals surface area (Å²) >= 11 is 0. The Bertz CT molecular complexity index is 465. The number of rotatable bonds is 2. The van der Waals surface area contributed by atoms with Crippen LogP contribution >= 0.6 is 0 Å². The molecule has 0 bridgehead atoms. The summed E-state index contributed by atoms with van der Waals surface area (Å²) in [4.78, 5) is 13.6. The van der Waals surface area contributed by atoms with E-state index in [0.29, 0.717) is 17.9 Å².